The number of anilines is 1. The smallest absolute Gasteiger partial charge is 0.185 e. The van der Waals surface area contributed by atoms with Crippen LogP contribution in [0.1, 0.15) is 43.3 Å². The number of hydrogen-bond acceptors (Lipinski definition) is 5. The quantitative estimate of drug-likeness (QED) is 0.889. The van der Waals surface area contributed by atoms with Gasteiger partial charge in [-0.25, -0.2) is 9.97 Å². The Kier molecular flexibility index (Phi) is 5.10. The number of nitrogens with zero attached hydrogens (tertiary/aromatic N) is 4. The molecule has 0 saturated carbocycles. The van der Waals surface area contributed by atoms with Gasteiger partial charge in [0, 0.05) is 55.6 Å². The molecule has 1 fully saturated rings. The van der Waals surface area contributed by atoms with Crippen molar-refractivity contribution in [1.82, 2.24) is 19.9 Å². The minimum Gasteiger partial charge on any atom is -0.349 e. The molecule has 22 heavy (non-hydrogen) atoms. The average Bonchev–Trinajstić information content (AvgIpc) is 3.21. The minimum atomic E-state index is 0.541. The molecule has 2 aromatic rings. The van der Waals surface area contributed by atoms with Gasteiger partial charge in [0.15, 0.2) is 5.13 Å². The number of thiazole rings is 1. The van der Waals surface area contributed by atoms with Crippen molar-refractivity contribution in [1.29, 1.82) is 0 Å². The number of rotatable bonds is 6. The van der Waals surface area contributed by atoms with E-state index in [1.807, 2.05) is 23.7 Å². The van der Waals surface area contributed by atoms with E-state index >= 15 is 0 Å². The third-order valence-electron chi connectivity index (χ3n) is 4.37. The van der Waals surface area contributed by atoms with Gasteiger partial charge in [-0.05, 0) is 33.2 Å². The standard InChI is InChI=1S/C16H25N5S/c1-3-21(4-2)16-19-10-14(22-16)12-20-9-5-6-13(11-20)15-17-7-8-18-15/h7-8,10,13H,3-6,9,11-12H2,1-2H3,(H,17,18)/t13-/m1/s1. The molecule has 3 rings (SSSR count). The van der Waals surface area contributed by atoms with Crippen LogP contribution in [0.15, 0.2) is 18.6 Å². The van der Waals surface area contributed by atoms with Crippen LogP contribution in [0.25, 0.3) is 0 Å². The Labute approximate surface area is 136 Å². The summed E-state index contributed by atoms with van der Waals surface area (Å²) in [4.78, 5) is 18.5. The molecular weight excluding hydrogens is 294 g/mol. The molecule has 6 heteroatoms. The predicted molar refractivity (Wildman–Crippen MR) is 91.5 cm³/mol. The summed E-state index contributed by atoms with van der Waals surface area (Å²) in [5.41, 5.74) is 0. The van der Waals surface area contributed by atoms with E-state index in [4.69, 9.17) is 0 Å². The molecule has 5 nitrogen and oxygen atoms in total. The summed E-state index contributed by atoms with van der Waals surface area (Å²) in [6, 6.07) is 0. The molecule has 1 saturated heterocycles. The van der Waals surface area contributed by atoms with E-state index in [2.05, 4.69) is 44.8 Å². The predicted octanol–water partition coefficient (Wildman–Crippen LogP) is 3.09. The van der Waals surface area contributed by atoms with Crippen molar-refractivity contribution in [3.05, 3.63) is 29.3 Å². The van der Waals surface area contributed by atoms with Gasteiger partial charge in [0.2, 0.25) is 0 Å². The normalized spacial score (nSPS) is 19.5. The maximum absolute atomic E-state index is 4.59. The van der Waals surface area contributed by atoms with Gasteiger partial charge in [-0.15, -0.1) is 11.3 Å². The molecule has 3 heterocycles. The zero-order valence-corrected chi connectivity index (χ0v) is 14.3. The van der Waals surface area contributed by atoms with Gasteiger partial charge < -0.3 is 9.88 Å². The summed E-state index contributed by atoms with van der Waals surface area (Å²) in [6.07, 6.45) is 8.31. The highest BCUT2D eigenvalue weighted by atomic mass is 32.1. The van der Waals surface area contributed by atoms with Crippen LogP contribution in [0.4, 0.5) is 5.13 Å². The zero-order chi connectivity index (χ0) is 15.4. The molecule has 0 aliphatic carbocycles. The fraction of sp³-hybridized carbons (Fsp3) is 0.625. The van der Waals surface area contributed by atoms with Gasteiger partial charge >= 0.3 is 0 Å². The number of piperidine rings is 1. The molecule has 1 atom stereocenters. The van der Waals surface area contributed by atoms with Crippen molar-refractivity contribution in [2.24, 2.45) is 0 Å². The van der Waals surface area contributed by atoms with Crippen molar-refractivity contribution in [2.45, 2.75) is 39.2 Å². The number of likely N-dealkylation sites (tertiary alicyclic amines) is 1. The summed E-state index contributed by atoms with van der Waals surface area (Å²) < 4.78 is 0. The fourth-order valence-electron chi connectivity index (χ4n) is 3.15. The molecule has 120 valence electrons. The van der Waals surface area contributed by atoms with E-state index in [9.17, 15) is 0 Å². The average molecular weight is 319 g/mol. The Bertz CT molecular complexity index is 561. The summed E-state index contributed by atoms with van der Waals surface area (Å²) in [5.74, 6) is 1.68. The summed E-state index contributed by atoms with van der Waals surface area (Å²) >= 11 is 1.83. The van der Waals surface area contributed by atoms with Gasteiger partial charge in [0.25, 0.3) is 0 Å². The molecule has 1 aliphatic heterocycles. The van der Waals surface area contributed by atoms with E-state index in [-0.39, 0.29) is 0 Å². The lowest BCUT2D eigenvalue weighted by molar-refractivity contribution is 0.198. The van der Waals surface area contributed by atoms with E-state index in [1.165, 1.54) is 24.3 Å². The van der Waals surface area contributed by atoms with Crippen molar-refractivity contribution < 1.29 is 0 Å². The van der Waals surface area contributed by atoms with E-state index in [1.54, 1.807) is 0 Å². The highest BCUT2D eigenvalue weighted by Crippen LogP contribution is 2.28. The van der Waals surface area contributed by atoms with Crippen LogP contribution in [0.3, 0.4) is 0 Å². The molecule has 0 aromatic carbocycles. The second kappa shape index (κ2) is 7.24. The van der Waals surface area contributed by atoms with Crippen molar-refractivity contribution in [3.8, 4) is 0 Å². The Hall–Kier alpha value is -1.40. The Morgan fingerprint density at radius 1 is 1.36 bits per heavy atom. The van der Waals surface area contributed by atoms with Crippen LogP contribution >= 0.6 is 11.3 Å². The number of H-pyrrole nitrogens is 1. The topological polar surface area (TPSA) is 48.1 Å². The van der Waals surface area contributed by atoms with Gasteiger partial charge in [-0.2, -0.15) is 0 Å². The lowest BCUT2D eigenvalue weighted by Gasteiger charge is -2.31. The van der Waals surface area contributed by atoms with E-state index < -0.39 is 0 Å². The third kappa shape index (κ3) is 3.50. The number of hydrogen-bond donors (Lipinski definition) is 1. The summed E-state index contributed by atoms with van der Waals surface area (Å²) in [5, 5.41) is 1.15. The lowest BCUT2D eigenvalue weighted by atomic mass is 9.97. The Morgan fingerprint density at radius 3 is 2.95 bits per heavy atom. The monoisotopic (exact) mass is 319 g/mol. The molecule has 1 N–H and O–H groups in total. The van der Waals surface area contributed by atoms with Crippen LogP contribution < -0.4 is 4.90 Å². The molecular formula is C16H25N5S. The molecule has 0 unspecified atom stereocenters. The number of aromatic nitrogens is 3. The van der Waals surface area contributed by atoms with Crippen molar-refractivity contribution in [2.75, 3.05) is 31.1 Å². The van der Waals surface area contributed by atoms with Crippen LogP contribution in [-0.4, -0.2) is 46.0 Å². The van der Waals surface area contributed by atoms with E-state index in [0.717, 1.165) is 37.1 Å². The van der Waals surface area contributed by atoms with Gasteiger partial charge in [0.1, 0.15) is 5.82 Å². The first-order chi connectivity index (χ1) is 10.8. The maximum Gasteiger partial charge on any atom is 0.185 e. The van der Waals surface area contributed by atoms with Crippen molar-refractivity contribution >= 4 is 16.5 Å². The lowest BCUT2D eigenvalue weighted by Crippen LogP contribution is -2.34. The molecule has 0 spiro atoms. The van der Waals surface area contributed by atoms with Gasteiger partial charge in [-0.1, -0.05) is 0 Å². The SMILES string of the molecule is CCN(CC)c1ncc(CN2CCC[C@@H](c3ncc[nH]3)C2)s1. The Morgan fingerprint density at radius 2 is 2.23 bits per heavy atom. The zero-order valence-electron chi connectivity index (χ0n) is 13.5. The number of imidazole rings is 1. The first-order valence-corrected chi connectivity index (χ1v) is 9.03. The maximum atomic E-state index is 4.59. The van der Waals surface area contributed by atoms with Crippen LogP contribution in [0.2, 0.25) is 0 Å². The summed E-state index contributed by atoms with van der Waals surface area (Å²) in [6.45, 7) is 9.69. The molecule has 0 radical (unpaired) electrons. The van der Waals surface area contributed by atoms with Crippen LogP contribution in [0, 0.1) is 0 Å². The molecule has 2 aromatic heterocycles. The van der Waals surface area contributed by atoms with Crippen LogP contribution in [-0.2, 0) is 6.54 Å². The van der Waals surface area contributed by atoms with Crippen LogP contribution in [0.5, 0.6) is 0 Å². The third-order valence-corrected chi connectivity index (χ3v) is 5.41. The highest BCUT2D eigenvalue weighted by Gasteiger charge is 2.23. The largest absolute Gasteiger partial charge is 0.349 e. The second-order valence-electron chi connectivity index (χ2n) is 5.83. The number of aromatic amines is 1. The first-order valence-electron chi connectivity index (χ1n) is 8.21. The second-order valence-corrected chi connectivity index (χ2v) is 6.92. The molecule has 1 aliphatic rings. The molecule has 0 bridgehead atoms. The van der Waals surface area contributed by atoms with Gasteiger partial charge in [-0.3, -0.25) is 4.90 Å². The van der Waals surface area contributed by atoms with E-state index in [0.29, 0.717) is 5.92 Å². The van der Waals surface area contributed by atoms with Gasteiger partial charge in [0.05, 0.1) is 0 Å². The fourth-order valence-corrected chi connectivity index (χ4v) is 4.23. The molecule has 0 amide bonds. The Balaban J connectivity index is 1.61. The minimum absolute atomic E-state index is 0.541. The highest BCUT2D eigenvalue weighted by molar-refractivity contribution is 7.15. The van der Waals surface area contributed by atoms with Crippen molar-refractivity contribution in [3.63, 3.8) is 0 Å². The summed E-state index contributed by atoms with van der Waals surface area (Å²) in [7, 11) is 0. The number of nitrogens with one attached hydrogen (secondary N) is 1. The first kappa shape index (κ1) is 15.5.